The molecule has 1 aromatic rings. The Balaban J connectivity index is 1.57. The van der Waals surface area contributed by atoms with E-state index in [-0.39, 0.29) is 24.1 Å². The highest BCUT2D eigenvalue weighted by atomic mass is 32.2. The van der Waals surface area contributed by atoms with Crippen molar-refractivity contribution in [2.75, 3.05) is 25.9 Å². The van der Waals surface area contributed by atoms with Crippen LogP contribution in [0.5, 0.6) is 0 Å². The average molecular weight is 423 g/mol. The van der Waals surface area contributed by atoms with Gasteiger partial charge in [-0.25, -0.2) is 12.7 Å². The maximum Gasteiger partial charge on any atom is 0.276 e. The number of carbonyl (C=O) groups is 2. The number of nitrogens with zero attached hydrogens (tertiary/aromatic N) is 4. The van der Waals surface area contributed by atoms with Crippen LogP contribution in [0.4, 0.5) is 0 Å². The normalized spacial score (nSPS) is 25.2. The van der Waals surface area contributed by atoms with E-state index >= 15 is 0 Å². The number of hydrogen-bond acceptors (Lipinski definition) is 7. The van der Waals surface area contributed by atoms with Gasteiger partial charge in [-0.15, -0.1) is 0 Å². The van der Waals surface area contributed by atoms with Crippen LogP contribution in [0.3, 0.4) is 0 Å². The molecule has 10 heteroatoms. The Labute approximate surface area is 170 Å². The van der Waals surface area contributed by atoms with Gasteiger partial charge < -0.3 is 9.42 Å². The standard InChI is InChI=1S/C19H26N4O5S/c1-12(2)16-17-15(23(19(16)25)29(3,26)27)6-9-22(17)18(24)14-10-13(28-20-14)11-21-7-4-5-8-21/h6,10,12,16-17H,4-5,7-9,11H2,1-3H3/t16-,17+/m1/s1. The molecule has 0 aliphatic carbocycles. The van der Waals surface area contributed by atoms with Gasteiger partial charge in [-0.05, 0) is 37.9 Å². The van der Waals surface area contributed by atoms with E-state index in [4.69, 9.17) is 4.52 Å². The topological polar surface area (TPSA) is 104 Å². The molecule has 29 heavy (non-hydrogen) atoms. The highest BCUT2D eigenvalue weighted by Crippen LogP contribution is 2.41. The molecular weight excluding hydrogens is 396 g/mol. The third kappa shape index (κ3) is 3.48. The van der Waals surface area contributed by atoms with E-state index < -0.39 is 27.9 Å². The zero-order chi connectivity index (χ0) is 20.9. The number of likely N-dealkylation sites (tertiary alicyclic amines) is 1. The lowest BCUT2D eigenvalue weighted by Crippen LogP contribution is -2.43. The summed E-state index contributed by atoms with van der Waals surface area (Å²) >= 11 is 0. The molecule has 3 aliphatic heterocycles. The lowest BCUT2D eigenvalue weighted by Gasteiger charge is -2.28. The summed E-state index contributed by atoms with van der Waals surface area (Å²) in [6, 6.07) is 1.04. The maximum atomic E-state index is 13.1. The molecule has 0 N–H and O–H groups in total. The van der Waals surface area contributed by atoms with Crippen LogP contribution in [0.25, 0.3) is 0 Å². The van der Waals surface area contributed by atoms with Crippen molar-refractivity contribution in [1.29, 1.82) is 0 Å². The van der Waals surface area contributed by atoms with Crippen molar-refractivity contribution in [2.45, 2.75) is 39.3 Å². The fourth-order valence-electron chi connectivity index (χ4n) is 4.57. The van der Waals surface area contributed by atoms with Gasteiger partial charge in [-0.2, -0.15) is 0 Å². The first kappa shape index (κ1) is 20.1. The van der Waals surface area contributed by atoms with Crippen LogP contribution in [0.15, 0.2) is 22.4 Å². The minimum atomic E-state index is -3.76. The van der Waals surface area contributed by atoms with E-state index in [1.165, 1.54) is 4.90 Å². The van der Waals surface area contributed by atoms with E-state index in [2.05, 4.69) is 10.1 Å². The molecular formula is C19H26N4O5S. The summed E-state index contributed by atoms with van der Waals surface area (Å²) in [7, 11) is -3.76. The van der Waals surface area contributed by atoms with Crippen LogP contribution in [0.1, 0.15) is 42.9 Å². The summed E-state index contributed by atoms with van der Waals surface area (Å²) in [5.41, 5.74) is 0.548. The predicted molar refractivity (Wildman–Crippen MR) is 104 cm³/mol. The summed E-state index contributed by atoms with van der Waals surface area (Å²) in [6.07, 6.45) is 4.98. The van der Waals surface area contributed by atoms with Crippen molar-refractivity contribution in [1.82, 2.24) is 19.3 Å². The third-order valence-corrected chi connectivity index (χ3v) is 6.92. The minimum Gasteiger partial charge on any atom is -0.359 e. The summed E-state index contributed by atoms with van der Waals surface area (Å²) in [4.78, 5) is 29.8. The fourth-order valence-corrected chi connectivity index (χ4v) is 5.59. The van der Waals surface area contributed by atoms with Crippen LogP contribution < -0.4 is 0 Å². The lowest BCUT2D eigenvalue weighted by atomic mass is 9.89. The van der Waals surface area contributed by atoms with E-state index in [0.717, 1.165) is 36.5 Å². The fraction of sp³-hybridized carbons (Fsp3) is 0.632. The predicted octanol–water partition coefficient (Wildman–Crippen LogP) is 1.05. The van der Waals surface area contributed by atoms with Gasteiger partial charge in [0.05, 0.1) is 30.5 Å². The largest absolute Gasteiger partial charge is 0.359 e. The Morgan fingerprint density at radius 1 is 1.31 bits per heavy atom. The van der Waals surface area contributed by atoms with Crippen molar-refractivity contribution in [3.8, 4) is 0 Å². The van der Waals surface area contributed by atoms with Gasteiger partial charge in [-0.3, -0.25) is 14.5 Å². The van der Waals surface area contributed by atoms with Crippen LogP contribution >= 0.6 is 0 Å². The third-order valence-electron chi connectivity index (χ3n) is 5.86. The smallest absolute Gasteiger partial charge is 0.276 e. The Kier molecular flexibility index (Phi) is 5.02. The number of hydrogen-bond donors (Lipinski definition) is 0. The second kappa shape index (κ2) is 7.24. The van der Waals surface area contributed by atoms with Crippen LogP contribution in [-0.2, 0) is 21.4 Å². The van der Waals surface area contributed by atoms with Gasteiger partial charge in [0.1, 0.15) is 0 Å². The van der Waals surface area contributed by atoms with Crippen molar-refractivity contribution in [2.24, 2.45) is 11.8 Å². The molecule has 2 amide bonds. The summed E-state index contributed by atoms with van der Waals surface area (Å²) < 4.78 is 30.6. The molecule has 0 aromatic carbocycles. The summed E-state index contributed by atoms with van der Waals surface area (Å²) in [5, 5.41) is 3.94. The number of carbonyl (C=O) groups excluding carboxylic acids is 2. The molecule has 4 heterocycles. The van der Waals surface area contributed by atoms with E-state index in [1.807, 2.05) is 13.8 Å². The van der Waals surface area contributed by atoms with Crippen molar-refractivity contribution >= 4 is 21.8 Å². The first-order valence-corrected chi connectivity index (χ1v) is 11.8. The Morgan fingerprint density at radius 3 is 2.62 bits per heavy atom. The summed E-state index contributed by atoms with van der Waals surface area (Å²) in [6.45, 7) is 6.57. The van der Waals surface area contributed by atoms with Gasteiger partial charge in [0, 0.05) is 12.6 Å². The molecule has 2 fully saturated rings. The molecule has 3 aliphatic rings. The second-order valence-corrected chi connectivity index (χ2v) is 10.2. The molecule has 0 radical (unpaired) electrons. The maximum absolute atomic E-state index is 13.1. The number of amides is 2. The average Bonchev–Trinajstić information content (AvgIpc) is 3.37. The molecule has 9 nitrogen and oxygen atoms in total. The monoisotopic (exact) mass is 422 g/mol. The Bertz CT molecular complexity index is 961. The number of sulfonamides is 1. The highest BCUT2D eigenvalue weighted by Gasteiger charge is 2.55. The quantitative estimate of drug-likeness (QED) is 0.699. The summed E-state index contributed by atoms with van der Waals surface area (Å²) in [5.74, 6) is -0.946. The minimum absolute atomic E-state index is 0.126. The van der Waals surface area contributed by atoms with E-state index in [1.54, 1.807) is 12.1 Å². The van der Waals surface area contributed by atoms with Crippen molar-refractivity contribution in [3.05, 3.63) is 29.3 Å². The zero-order valence-corrected chi connectivity index (χ0v) is 17.7. The van der Waals surface area contributed by atoms with Gasteiger partial charge >= 0.3 is 0 Å². The lowest BCUT2D eigenvalue weighted by molar-refractivity contribution is -0.128. The van der Waals surface area contributed by atoms with E-state index in [0.29, 0.717) is 18.0 Å². The first-order valence-electron chi connectivity index (χ1n) is 9.91. The second-order valence-electron chi connectivity index (χ2n) is 8.33. The van der Waals surface area contributed by atoms with Crippen LogP contribution in [0, 0.1) is 11.8 Å². The van der Waals surface area contributed by atoms with Gasteiger partial charge in [0.2, 0.25) is 15.9 Å². The molecule has 158 valence electrons. The number of aromatic nitrogens is 1. The van der Waals surface area contributed by atoms with Crippen molar-refractivity contribution < 1.29 is 22.5 Å². The molecule has 0 spiro atoms. The molecule has 0 bridgehead atoms. The molecule has 4 rings (SSSR count). The Hall–Kier alpha value is -2.20. The molecule has 2 saturated heterocycles. The van der Waals surface area contributed by atoms with Crippen molar-refractivity contribution in [3.63, 3.8) is 0 Å². The van der Waals surface area contributed by atoms with Crippen LogP contribution in [0.2, 0.25) is 0 Å². The van der Waals surface area contributed by atoms with Crippen LogP contribution in [-0.4, -0.2) is 71.4 Å². The molecule has 2 atom stereocenters. The number of fused-ring (bicyclic) bond motifs is 1. The SMILES string of the molecule is CC(C)[C@H]1C(=O)N(S(C)(=O)=O)C2=CCN(C(=O)c3cc(CN4CCCC4)on3)[C@@H]21. The Morgan fingerprint density at radius 2 is 2.00 bits per heavy atom. The first-order chi connectivity index (χ1) is 13.7. The van der Waals surface area contributed by atoms with Gasteiger partial charge in [0.15, 0.2) is 11.5 Å². The van der Waals surface area contributed by atoms with E-state index in [9.17, 15) is 18.0 Å². The van der Waals surface area contributed by atoms with Gasteiger partial charge in [0.25, 0.3) is 5.91 Å². The number of rotatable bonds is 5. The molecule has 0 unspecified atom stereocenters. The zero-order valence-electron chi connectivity index (χ0n) is 16.9. The highest BCUT2D eigenvalue weighted by molar-refractivity contribution is 7.89. The molecule has 0 saturated carbocycles. The van der Waals surface area contributed by atoms with Gasteiger partial charge in [-0.1, -0.05) is 19.0 Å². The molecule has 1 aromatic heterocycles.